The summed E-state index contributed by atoms with van der Waals surface area (Å²) < 4.78 is 5.18. The summed E-state index contributed by atoms with van der Waals surface area (Å²) in [5.74, 6) is 0.585. The second kappa shape index (κ2) is 6.48. The van der Waals surface area contributed by atoms with Crippen molar-refractivity contribution < 1.29 is 4.74 Å². The van der Waals surface area contributed by atoms with Crippen molar-refractivity contribution in [2.24, 2.45) is 0 Å². The van der Waals surface area contributed by atoms with Crippen molar-refractivity contribution in [3.63, 3.8) is 0 Å². The first kappa shape index (κ1) is 14.5. The molecule has 0 spiro atoms. The fourth-order valence-corrected chi connectivity index (χ4v) is 2.16. The van der Waals surface area contributed by atoms with E-state index in [1.807, 2.05) is 6.07 Å². The van der Waals surface area contributed by atoms with Crippen LogP contribution in [0.5, 0.6) is 5.88 Å². The molecule has 1 N–H and O–H groups in total. The maximum absolute atomic E-state index is 5.18. The molecule has 106 valence electrons. The largest absolute Gasteiger partial charge is 0.481 e. The number of rotatable bonds is 5. The monoisotopic (exact) mass is 271 g/mol. The van der Waals surface area contributed by atoms with Crippen molar-refractivity contribution >= 4 is 0 Å². The van der Waals surface area contributed by atoms with Crippen LogP contribution in [0.4, 0.5) is 0 Å². The molecule has 0 radical (unpaired) electrons. The van der Waals surface area contributed by atoms with Crippen LogP contribution in [-0.2, 0) is 0 Å². The van der Waals surface area contributed by atoms with E-state index in [0.717, 1.165) is 12.2 Å². The lowest BCUT2D eigenvalue weighted by molar-refractivity contribution is 0.395. The van der Waals surface area contributed by atoms with Crippen molar-refractivity contribution in [3.8, 4) is 5.88 Å². The molecular weight excluding hydrogens is 250 g/mol. The van der Waals surface area contributed by atoms with Crippen molar-refractivity contribution in [2.75, 3.05) is 13.7 Å². The van der Waals surface area contributed by atoms with Crippen LogP contribution >= 0.6 is 0 Å². The Labute approximate surface area is 120 Å². The van der Waals surface area contributed by atoms with E-state index in [-0.39, 0.29) is 6.04 Å². The molecule has 4 heteroatoms. The molecule has 1 aromatic carbocycles. The number of nitrogens with one attached hydrogen (secondary N) is 1. The van der Waals surface area contributed by atoms with Gasteiger partial charge in [0.15, 0.2) is 0 Å². The summed E-state index contributed by atoms with van der Waals surface area (Å²) in [7, 11) is 1.62. The smallest absolute Gasteiger partial charge is 0.216 e. The van der Waals surface area contributed by atoms with Crippen LogP contribution in [0.15, 0.2) is 30.6 Å². The zero-order valence-electron chi connectivity index (χ0n) is 12.5. The molecule has 4 nitrogen and oxygen atoms in total. The lowest BCUT2D eigenvalue weighted by atomic mass is 9.98. The Balaban J connectivity index is 2.41. The van der Waals surface area contributed by atoms with Gasteiger partial charge in [0.1, 0.15) is 6.33 Å². The van der Waals surface area contributed by atoms with Crippen molar-refractivity contribution in [3.05, 3.63) is 53.0 Å². The number of ether oxygens (including phenoxy) is 1. The molecule has 0 fully saturated rings. The minimum atomic E-state index is 0.0520. The van der Waals surface area contributed by atoms with Crippen molar-refractivity contribution in [1.29, 1.82) is 0 Å². The molecule has 2 aromatic rings. The number of aryl methyl sites for hydroxylation is 2. The Morgan fingerprint density at radius 3 is 2.60 bits per heavy atom. The van der Waals surface area contributed by atoms with Gasteiger partial charge in [-0.2, -0.15) is 0 Å². The molecule has 2 rings (SSSR count). The highest BCUT2D eigenvalue weighted by Crippen LogP contribution is 2.24. The van der Waals surface area contributed by atoms with Crippen LogP contribution in [0.25, 0.3) is 0 Å². The van der Waals surface area contributed by atoms with E-state index >= 15 is 0 Å². The normalized spacial score (nSPS) is 12.2. The molecule has 1 unspecified atom stereocenters. The molecule has 0 aliphatic carbocycles. The molecule has 0 saturated heterocycles. The van der Waals surface area contributed by atoms with Gasteiger partial charge >= 0.3 is 0 Å². The van der Waals surface area contributed by atoms with Gasteiger partial charge < -0.3 is 10.1 Å². The van der Waals surface area contributed by atoms with Gasteiger partial charge in [0, 0.05) is 6.07 Å². The van der Waals surface area contributed by atoms with Gasteiger partial charge in [-0.1, -0.05) is 25.1 Å². The predicted octanol–water partition coefficient (Wildman–Crippen LogP) is 2.80. The highest BCUT2D eigenvalue weighted by molar-refractivity contribution is 5.35. The highest BCUT2D eigenvalue weighted by atomic mass is 16.5. The lowest BCUT2D eigenvalue weighted by Gasteiger charge is -2.19. The van der Waals surface area contributed by atoms with E-state index in [0.29, 0.717) is 5.88 Å². The molecule has 0 amide bonds. The third-order valence-electron chi connectivity index (χ3n) is 3.44. The molecular formula is C16H21N3O. The second-order valence-electron chi connectivity index (χ2n) is 4.82. The fourth-order valence-electron chi connectivity index (χ4n) is 2.16. The van der Waals surface area contributed by atoms with Gasteiger partial charge in [-0.15, -0.1) is 0 Å². The van der Waals surface area contributed by atoms with Crippen LogP contribution in [0.3, 0.4) is 0 Å². The van der Waals surface area contributed by atoms with Crippen LogP contribution in [0, 0.1) is 13.8 Å². The predicted molar refractivity (Wildman–Crippen MR) is 80.0 cm³/mol. The van der Waals surface area contributed by atoms with E-state index in [1.54, 1.807) is 13.4 Å². The van der Waals surface area contributed by atoms with Crippen LogP contribution in [-0.4, -0.2) is 23.6 Å². The average Bonchev–Trinajstić information content (AvgIpc) is 2.48. The standard InChI is InChI=1S/C16H21N3O/c1-5-17-16(13-7-6-11(2)12(3)8-13)14-9-15(20-4)19-10-18-14/h6-10,16-17H,5H2,1-4H3. The van der Waals surface area contributed by atoms with Crippen molar-refractivity contribution in [1.82, 2.24) is 15.3 Å². The van der Waals surface area contributed by atoms with Crippen LogP contribution in [0.2, 0.25) is 0 Å². The quantitative estimate of drug-likeness (QED) is 0.908. The Kier molecular flexibility index (Phi) is 4.69. The van der Waals surface area contributed by atoms with Crippen LogP contribution < -0.4 is 10.1 Å². The van der Waals surface area contributed by atoms with E-state index in [2.05, 4.69) is 54.3 Å². The Hall–Kier alpha value is -1.94. The summed E-state index contributed by atoms with van der Waals surface area (Å²) in [6.07, 6.45) is 1.54. The minimum Gasteiger partial charge on any atom is -0.481 e. The summed E-state index contributed by atoms with van der Waals surface area (Å²) >= 11 is 0. The summed E-state index contributed by atoms with van der Waals surface area (Å²) in [6, 6.07) is 8.42. The van der Waals surface area contributed by atoms with E-state index in [4.69, 9.17) is 4.74 Å². The molecule has 0 bridgehead atoms. The number of aromatic nitrogens is 2. The number of hydrogen-bond acceptors (Lipinski definition) is 4. The molecule has 0 aliphatic rings. The first-order chi connectivity index (χ1) is 9.65. The molecule has 1 aromatic heterocycles. The van der Waals surface area contributed by atoms with Gasteiger partial charge in [-0.3, -0.25) is 0 Å². The van der Waals surface area contributed by atoms with Gasteiger partial charge in [-0.05, 0) is 37.1 Å². The average molecular weight is 271 g/mol. The zero-order chi connectivity index (χ0) is 14.5. The third-order valence-corrected chi connectivity index (χ3v) is 3.44. The summed E-state index contributed by atoms with van der Waals surface area (Å²) in [4.78, 5) is 8.45. The zero-order valence-corrected chi connectivity index (χ0v) is 12.5. The first-order valence-electron chi connectivity index (χ1n) is 6.82. The number of methoxy groups -OCH3 is 1. The third kappa shape index (κ3) is 3.14. The van der Waals surface area contributed by atoms with Crippen molar-refractivity contribution in [2.45, 2.75) is 26.8 Å². The summed E-state index contributed by atoms with van der Waals surface area (Å²) in [5.41, 5.74) is 4.70. The van der Waals surface area contributed by atoms with Gasteiger partial charge in [0.2, 0.25) is 5.88 Å². The lowest BCUT2D eigenvalue weighted by Crippen LogP contribution is -2.23. The molecule has 1 atom stereocenters. The maximum Gasteiger partial charge on any atom is 0.216 e. The minimum absolute atomic E-state index is 0.0520. The SMILES string of the molecule is CCNC(c1ccc(C)c(C)c1)c1cc(OC)ncn1. The Morgan fingerprint density at radius 2 is 1.95 bits per heavy atom. The molecule has 1 heterocycles. The first-order valence-corrected chi connectivity index (χ1v) is 6.82. The van der Waals surface area contributed by atoms with E-state index < -0.39 is 0 Å². The molecule has 0 aliphatic heterocycles. The molecule has 0 saturated carbocycles. The fraction of sp³-hybridized carbons (Fsp3) is 0.375. The maximum atomic E-state index is 5.18. The van der Waals surface area contributed by atoms with E-state index in [9.17, 15) is 0 Å². The van der Waals surface area contributed by atoms with Gasteiger partial charge in [0.05, 0.1) is 18.8 Å². The number of benzene rings is 1. The second-order valence-corrected chi connectivity index (χ2v) is 4.82. The van der Waals surface area contributed by atoms with E-state index in [1.165, 1.54) is 16.7 Å². The Bertz CT molecular complexity index is 584. The number of nitrogens with zero attached hydrogens (tertiary/aromatic N) is 2. The summed E-state index contributed by atoms with van der Waals surface area (Å²) in [6.45, 7) is 7.20. The molecule has 20 heavy (non-hydrogen) atoms. The topological polar surface area (TPSA) is 47.0 Å². The highest BCUT2D eigenvalue weighted by Gasteiger charge is 2.16. The van der Waals surface area contributed by atoms with Gasteiger partial charge in [-0.25, -0.2) is 9.97 Å². The van der Waals surface area contributed by atoms with Crippen LogP contribution in [0.1, 0.15) is 35.3 Å². The number of hydrogen-bond donors (Lipinski definition) is 1. The summed E-state index contributed by atoms with van der Waals surface area (Å²) in [5, 5.41) is 3.47. The van der Waals surface area contributed by atoms with Gasteiger partial charge in [0.25, 0.3) is 0 Å². The Morgan fingerprint density at radius 1 is 1.15 bits per heavy atom.